The molecule has 104 valence electrons. The van der Waals surface area contributed by atoms with Gasteiger partial charge in [0.1, 0.15) is 0 Å². The predicted molar refractivity (Wildman–Crippen MR) is 85.2 cm³/mol. The summed E-state index contributed by atoms with van der Waals surface area (Å²) >= 11 is 3.53. The molecule has 1 atom stereocenters. The highest BCUT2D eigenvalue weighted by atomic mass is 32.1. The molecule has 0 aliphatic carbocycles. The molecule has 0 fully saturated rings. The summed E-state index contributed by atoms with van der Waals surface area (Å²) in [6.07, 6.45) is 1.99. The summed E-state index contributed by atoms with van der Waals surface area (Å²) in [5, 5.41) is 9.00. The molecule has 0 aliphatic heterocycles. The first kappa shape index (κ1) is 14.5. The monoisotopic (exact) mass is 295 g/mol. The Morgan fingerprint density at radius 3 is 2.79 bits per heavy atom. The molecule has 1 unspecified atom stereocenters. The van der Waals surface area contributed by atoms with Gasteiger partial charge in [0, 0.05) is 36.8 Å². The van der Waals surface area contributed by atoms with Crippen LogP contribution in [0.3, 0.4) is 0 Å². The van der Waals surface area contributed by atoms with Gasteiger partial charge in [-0.3, -0.25) is 0 Å². The maximum Gasteiger partial charge on any atom is 0.185 e. The molecule has 0 aliphatic rings. The van der Waals surface area contributed by atoms with E-state index in [0.717, 1.165) is 24.8 Å². The molecular formula is C14H21N3S2. The number of thiophene rings is 1. The molecule has 0 bridgehead atoms. The molecule has 2 aromatic rings. The fraction of sp³-hybridized carbons (Fsp3) is 0.500. The minimum Gasteiger partial charge on any atom is -0.349 e. The largest absolute Gasteiger partial charge is 0.349 e. The van der Waals surface area contributed by atoms with Crippen molar-refractivity contribution in [1.82, 2.24) is 10.3 Å². The van der Waals surface area contributed by atoms with Gasteiger partial charge in [0.15, 0.2) is 5.13 Å². The first-order valence-electron chi connectivity index (χ1n) is 6.69. The third-order valence-corrected chi connectivity index (χ3v) is 4.96. The normalized spacial score (nSPS) is 12.6. The number of aromatic nitrogens is 1. The second kappa shape index (κ2) is 7.03. The Hall–Kier alpha value is -0.910. The lowest BCUT2D eigenvalue weighted by molar-refractivity contribution is 0.580. The molecule has 3 nitrogen and oxygen atoms in total. The third-order valence-electron chi connectivity index (χ3n) is 3.20. The molecule has 0 amide bonds. The molecule has 2 heterocycles. The highest BCUT2D eigenvalue weighted by molar-refractivity contribution is 7.15. The Bertz CT molecular complexity index is 475. The van der Waals surface area contributed by atoms with Gasteiger partial charge in [-0.15, -0.1) is 11.3 Å². The molecule has 19 heavy (non-hydrogen) atoms. The van der Waals surface area contributed by atoms with Crippen molar-refractivity contribution in [2.24, 2.45) is 0 Å². The van der Waals surface area contributed by atoms with Crippen LogP contribution in [0.5, 0.6) is 0 Å². The van der Waals surface area contributed by atoms with Crippen molar-refractivity contribution in [3.8, 4) is 0 Å². The van der Waals surface area contributed by atoms with Crippen molar-refractivity contribution in [1.29, 1.82) is 0 Å². The van der Waals surface area contributed by atoms with E-state index >= 15 is 0 Å². The third kappa shape index (κ3) is 3.78. The summed E-state index contributed by atoms with van der Waals surface area (Å²) in [5.41, 5.74) is 1.36. The van der Waals surface area contributed by atoms with Gasteiger partial charge in [0.2, 0.25) is 0 Å². The van der Waals surface area contributed by atoms with Gasteiger partial charge in [-0.1, -0.05) is 0 Å². The molecule has 5 heteroatoms. The van der Waals surface area contributed by atoms with Gasteiger partial charge < -0.3 is 10.2 Å². The van der Waals surface area contributed by atoms with Crippen molar-refractivity contribution in [3.05, 3.63) is 33.5 Å². The van der Waals surface area contributed by atoms with Crippen LogP contribution in [0.4, 0.5) is 5.13 Å². The second-order valence-electron chi connectivity index (χ2n) is 4.44. The van der Waals surface area contributed by atoms with Crippen molar-refractivity contribution >= 4 is 27.8 Å². The zero-order valence-electron chi connectivity index (χ0n) is 11.7. The Morgan fingerprint density at radius 2 is 2.16 bits per heavy atom. The second-order valence-corrected chi connectivity index (χ2v) is 6.31. The summed E-state index contributed by atoms with van der Waals surface area (Å²) in [7, 11) is 0. The smallest absolute Gasteiger partial charge is 0.185 e. The lowest BCUT2D eigenvalue weighted by Gasteiger charge is -2.16. The van der Waals surface area contributed by atoms with E-state index in [-0.39, 0.29) is 0 Å². The van der Waals surface area contributed by atoms with Gasteiger partial charge >= 0.3 is 0 Å². The Morgan fingerprint density at radius 1 is 1.37 bits per heavy atom. The molecule has 0 saturated heterocycles. The highest BCUT2D eigenvalue weighted by Gasteiger charge is 2.09. The minimum atomic E-state index is 0.394. The van der Waals surface area contributed by atoms with E-state index in [0.29, 0.717) is 6.04 Å². The lowest BCUT2D eigenvalue weighted by Crippen LogP contribution is -2.21. The zero-order chi connectivity index (χ0) is 13.7. The topological polar surface area (TPSA) is 28.2 Å². The Kier molecular flexibility index (Phi) is 5.36. The fourth-order valence-electron chi connectivity index (χ4n) is 1.91. The van der Waals surface area contributed by atoms with Crippen LogP contribution < -0.4 is 10.2 Å². The van der Waals surface area contributed by atoms with Gasteiger partial charge in [-0.05, 0) is 43.2 Å². The first-order chi connectivity index (χ1) is 9.24. The lowest BCUT2D eigenvalue weighted by atomic mass is 10.2. The number of nitrogens with zero attached hydrogens (tertiary/aromatic N) is 2. The highest BCUT2D eigenvalue weighted by Crippen LogP contribution is 2.23. The van der Waals surface area contributed by atoms with Crippen LogP contribution in [0, 0.1) is 0 Å². The predicted octanol–water partition coefficient (Wildman–Crippen LogP) is 3.90. The molecule has 1 N–H and O–H groups in total. The Labute approximate surface area is 123 Å². The van der Waals surface area contributed by atoms with Gasteiger partial charge in [0.25, 0.3) is 0 Å². The van der Waals surface area contributed by atoms with Crippen LogP contribution >= 0.6 is 22.7 Å². The van der Waals surface area contributed by atoms with E-state index in [1.165, 1.54) is 10.4 Å². The van der Waals surface area contributed by atoms with E-state index in [9.17, 15) is 0 Å². The minimum absolute atomic E-state index is 0.394. The first-order valence-corrected chi connectivity index (χ1v) is 8.45. The van der Waals surface area contributed by atoms with Gasteiger partial charge in [0.05, 0.1) is 0 Å². The number of hydrogen-bond donors (Lipinski definition) is 1. The molecule has 0 aromatic carbocycles. The van der Waals surface area contributed by atoms with E-state index in [4.69, 9.17) is 0 Å². The van der Waals surface area contributed by atoms with Crippen LogP contribution in [0.15, 0.2) is 23.0 Å². The number of hydrogen-bond acceptors (Lipinski definition) is 5. The summed E-state index contributed by atoms with van der Waals surface area (Å²) in [6.45, 7) is 9.46. The van der Waals surface area contributed by atoms with E-state index in [1.54, 1.807) is 22.7 Å². The summed E-state index contributed by atoms with van der Waals surface area (Å²) in [6, 6.07) is 2.57. The van der Waals surface area contributed by atoms with Crippen LogP contribution in [-0.2, 0) is 6.54 Å². The molecule has 2 aromatic heterocycles. The maximum atomic E-state index is 4.51. The molecule has 0 saturated carbocycles. The quantitative estimate of drug-likeness (QED) is 0.839. The van der Waals surface area contributed by atoms with Crippen LogP contribution in [0.2, 0.25) is 0 Å². The van der Waals surface area contributed by atoms with Crippen LogP contribution in [0.1, 0.15) is 37.3 Å². The standard InChI is InChI=1S/C14H21N3S2/c1-4-17(5-2)14-16-9-13(19-14)8-15-11(3)12-6-7-18-10-12/h6-7,9-11,15H,4-5,8H2,1-3H3. The van der Waals surface area contributed by atoms with Crippen LogP contribution in [-0.4, -0.2) is 18.1 Å². The van der Waals surface area contributed by atoms with Crippen molar-refractivity contribution in [2.45, 2.75) is 33.4 Å². The zero-order valence-corrected chi connectivity index (χ0v) is 13.4. The van der Waals surface area contributed by atoms with Crippen molar-refractivity contribution in [3.63, 3.8) is 0 Å². The summed E-state index contributed by atoms with van der Waals surface area (Å²) in [4.78, 5) is 8.09. The fourth-order valence-corrected chi connectivity index (χ4v) is 3.65. The molecular weight excluding hydrogens is 274 g/mol. The average molecular weight is 295 g/mol. The molecule has 0 radical (unpaired) electrons. The number of nitrogens with one attached hydrogen (secondary N) is 1. The number of rotatable bonds is 7. The number of thiazole rings is 1. The summed E-state index contributed by atoms with van der Waals surface area (Å²) < 4.78 is 0. The summed E-state index contributed by atoms with van der Waals surface area (Å²) in [5.74, 6) is 0. The van der Waals surface area contributed by atoms with Crippen LogP contribution in [0.25, 0.3) is 0 Å². The number of anilines is 1. The molecule has 0 spiro atoms. The molecule has 2 rings (SSSR count). The maximum absolute atomic E-state index is 4.51. The van der Waals surface area contributed by atoms with Crippen molar-refractivity contribution in [2.75, 3.05) is 18.0 Å². The van der Waals surface area contributed by atoms with Gasteiger partial charge in [-0.2, -0.15) is 11.3 Å². The average Bonchev–Trinajstić information content (AvgIpc) is 3.09. The van der Waals surface area contributed by atoms with E-state index in [1.807, 2.05) is 6.20 Å². The Balaban J connectivity index is 1.90. The van der Waals surface area contributed by atoms with Gasteiger partial charge in [-0.25, -0.2) is 4.98 Å². The van der Waals surface area contributed by atoms with E-state index < -0.39 is 0 Å². The van der Waals surface area contributed by atoms with E-state index in [2.05, 4.69) is 52.8 Å². The van der Waals surface area contributed by atoms with Crippen molar-refractivity contribution < 1.29 is 0 Å². The SMILES string of the molecule is CCN(CC)c1ncc(CNC(C)c2ccsc2)s1.